The minimum atomic E-state index is 0.0719. The first-order valence-corrected chi connectivity index (χ1v) is 5.55. The van der Waals surface area contributed by atoms with Gasteiger partial charge in [0.25, 0.3) is 0 Å². The molecule has 1 saturated heterocycles. The Bertz CT molecular complexity index is 337. The molecule has 1 atom stereocenters. The van der Waals surface area contributed by atoms with Crippen molar-refractivity contribution in [2.75, 3.05) is 26.2 Å². The smallest absolute Gasteiger partial charge is 0.221 e. The van der Waals surface area contributed by atoms with Crippen LogP contribution in [0, 0.1) is 0 Å². The Labute approximate surface area is 94.6 Å². The van der Waals surface area contributed by atoms with Crippen LogP contribution in [0.3, 0.4) is 0 Å². The molecule has 0 spiro atoms. The topological polar surface area (TPSA) is 71.5 Å². The van der Waals surface area contributed by atoms with Crippen molar-refractivity contribution in [1.29, 1.82) is 0 Å². The van der Waals surface area contributed by atoms with Crippen molar-refractivity contribution in [2.45, 2.75) is 12.5 Å². The number of furan rings is 1. The van der Waals surface area contributed by atoms with Gasteiger partial charge in [-0.05, 0) is 12.1 Å². The van der Waals surface area contributed by atoms with Crippen molar-refractivity contribution in [1.82, 2.24) is 10.2 Å². The molecule has 0 bridgehead atoms. The molecule has 1 amide bonds. The van der Waals surface area contributed by atoms with Crippen LogP contribution in [0.25, 0.3) is 0 Å². The Kier molecular flexibility index (Phi) is 3.58. The summed E-state index contributed by atoms with van der Waals surface area (Å²) in [7, 11) is 0. The van der Waals surface area contributed by atoms with Crippen LogP contribution in [0.2, 0.25) is 0 Å². The maximum Gasteiger partial charge on any atom is 0.221 e. The van der Waals surface area contributed by atoms with Gasteiger partial charge >= 0.3 is 0 Å². The number of hydrogen-bond acceptors (Lipinski definition) is 4. The van der Waals surface area contributed by atoms with Gasteiger partial charge in [-0.3, -0.25) is 9.69 Å². The van der Waals surface area contributed by atoms with E-state index in [4.69, 9.17) is 10.2 Å². The Morgan fingerprint density at radius 3 is 3.12 bits per heavy atom. The zero-order chi connectivity index (χ0) is 11.4. The molecule has 88 valence electrons. The minimum absolute atomic E-state index is 0.0719. The molecule has 0 radical (unpaired) electrons. The number of rotatable bonds is 3. The van der Waals surface area contributed by atoms with Crippen LogP contribution in [-0.4, -0.2) is 37.0 Å². The second kappa shape index (κ2) is 5.14. The predicted molar refractivity (Wildman–Crippen MR) is 59.7 cm³/mol. The van der Waals surface area contributed by atoms with Gasteiger partial charge in [0, 0.05) is 32.6 Å². The molecule has 1 unspecified atom stereocenters. The lowest BCUT2D eigenvalue weighted by Crippen LogP contribution is -2.36. The summed E-state index contributed by atoms with van der Waals surface area (Å²) >= 11 is 0. The summed E-state index contributed by atoms with van der Waals surface area (Å²) in [5.41, 5.74) is 5.77. The molecule has 3 N–H and O–H groups in total. The molecule has 0 saturated carbocycles. The summed E-state index contributed by atoms with van der Waals surface area (Å²) in [5.74, 6) is 0.981. The van der Waals surface area contributed by atoms with Crippen molar-refractivity contribution < 1.29 is 9.21 Å². The van der Waals surface area contributed by atoms with E-state index in [2.05, 4.69) is 10.2 Å². The second-order valence-corrected chi connectivity index (χ2v) is 3.90. The van der Waals surface area contributed by atoms with Gasteiger partial charge in [0.15, 0.2) is 0 Å². The van der Waals surface area contributed by atoms with Crippen LogP contribution in [-0.2, 0) is 4.79 Å². The zero-order valence-electron chi connectivity index (χ0n) is 9.19. The molecule has 0 aliphatic carbocycles. The van der Waals surface area contributed by atoms with Crippen LogP contribution in [0.4, 0.5) is 0 Å². The van der Waals surface area contributed by atoms with Gasteiger partial charge in [0.2, 0.25) is 5.91 Å². The van der Waals surface area contributed by atoms with Crippen molar-refractivity contribution in [2.24, 2.45) is 5.73 Å². The first kappa shape index (κ1) is 11.2. The maximum atomic E-state index is 11.2. The zero-order valence-corrected chi connectivity index (χ0v) is 9.19. The fourth-order valence-electron chi connectivity index (χ4n) is 2.02. The monoisotopic (exact) mass is 223 g/mol. The van der Waals surface area contributed by atoms with E-state index >= 15 is 0 Å². The average molecular weight is 223 g/mol. The van der Waals surface area contributed by atoms with Crippen LogP contribution in [0.15, 0.2) is 22.8 Å². The molecule has 1 aliphatic rings. The molecular formula is C11H17N3O2. The standard InChI is InChI=1S/C11H17N3O2/c12-8-9(10-2-1-7-16-10)14-5-3-11(15)13-4-6-14/h1-2,7,9H,3-6,8,12H2,(H,13,15). The van der Waals surface area contributed by atoms with Gasteiger partial charge < -0.3 is 15.5 Å². The third-order valence-electron chi connectivity index (χ3n) is 2.88. The van der Waals surface area contributed by atoms with Crippen LogP contribution in [0.1, 0.15) is 18.2 Å². The van der Waals surface area contributed by atoms with Crippen molar-refractivity contribution >= 4 is 5.91 Å². The largest absolute Gasteiger partial charge is 0.468 e. The number of nitrogens with zero attached hydrogens (tertiary/aromatic N) is 1. The molecule has 5 heteroatoms. The van der Waals surface area contributed by atoms with Gasteiger partial charge in [-0.15, -0.1) is 0 Å². The van der Waals surface area contributed by atoms with Gasteiger partial charge in [-0.2, -0.15) is 0 Å². The first-order chi connectivity index (χ1) is 7.81. The fraction of sp³-hybridized carbons (Fsp3) is 0.545. The Morgan fingerprint density at radius 1 is 1.56 bits per heavy atom. The number of carbonyl (C=O) groups is 1. The number of nitrogens with two attached hydrogens (primary N) is 1. The summed E-state index contributed by atoms with van der Waals surface area (Å²) in [4.78, 5) is 13.4. The van der Waals surface area contributed by atoms with E-state index in [-0.39, 0.29) is 11.9 Å². The average Bonchev–Trinajstić information content (AvgIpc) is 2.71. The third-order valence-corrected chi connectivity index (χ3v) is 2.88. The Hall–Kier alpha value is -1.33. The van der Waals surface area contributed by atoms with Crippen molar-refractivity contribution in [3.05, 3.63) is 24.2 Å². The van der Waals surface area contributed by atoms with E-state index in [0.29, 0.717) is 19.5 Å². The summed E-state index contributed by atoms with van der Waals surface area (Å²) in [6.07, 6.45) is 2.18. The van der Waals surface area contributed by atoms with Crippen molar-refractivity contribution in [3.8, 4) is 0 Å². The molecule has 2 heterocycles. The molecule has 16 heavy (non-hydrogen) atoms. The van der Waals surface area contributed by atoms with E-state index in [1.165, 1.54) is 0 Å². The van der Waals surface area contributed by atoms with Gasteiger partial charge in [0.05, 0.1) is 12.3 Å². The highest BCUT2D eigenvalue weighted by Crippen LogP contribution is 2.20. The predicted octanol–water partition coefficient (Wildman–Crippen LogP) is 0.101. The molecular weight excluding hydrogens is 206 g/mol. The Balaban J connectivity index is 2.06. The van der Waals surface area contributed by atoms with E-state index in [1.54, 1.807) is 6.26 Å². The number of amides is 1. The molecule has 1 aromatic heterocycles. The van der Waals surface area contributed by atoms with Gasteiger partial charge in [-0.25, -0.2) is 0 Å². The van der Waals surface area contributed by atoms with Gasteiger partial charge in [0.1, 0.15) is 5.76 Å². The maximum absolute atomic E-state index is 11.2. The van der Waals surface area contributed by atoms with Crippen LogP contribution < -0.4 is 11.1 Å². The highest BCUT2D eigenvalue weighted by atomic mass is 16.3. The molecule has 2 rings (SSSR count). The first-order valence-electron chi connectivity index (χ1n) is 5.55. The number of nitrogens with one attached hydrogen (secondary N) is 1. The van der Waals surface area contributed by atoms with Crippen LogP contribution >= 0.6 is 0 Å². The number of carbonyl (C=O) groups excluding carboxylic acids is 1. The molecule has 1 aliphatic heterocycles. The normalized spacial score (nSPS) is 20.2. The SMILES string of the molecule is NCC(c1ccco1)N1CCNC(=O)CC1. The second-order valence-electron chi connectivity index (χ2n) is 3.90. The quantitative estimate of drug-likeness (QED) is 0.762. The molecule has 1 fully saturated rings. The fourth-order valence-corrected chi connectivity index (χ4v) is 2.02. The van der Waals surface area contributed by atoms with E-state index in [9.17, 15) is 4.79 Å². The summed E-state index contributed by atoms with van der Waals surface area (Å²) in [5, 5.41) is 2.85. The van der Waals surface area contributed by atoms with E-state index < -0.39 is 0 Å². The highest BCUT2D eigenvalue weighted by molar-refractivity contribution is 5.76. The summed E-state index contributed by atoms with van der Waals surface area (Å²) in [6, 6.07) is 3.86. The molecule has 0 aromatic carbocycles. The van der Waals surface area contributed by atoms with Crippen molar-refractivity contribution in [3.63, 3.8) is 0 Å². The van der Waals surface area contributed by atoms with Gasteiger partial charge in [-0.1, -0.05) is 0 Å². The third kappa shape index (κ3) is 2.43. The lowest BCUT2D eigenvalue weighted by Gasteiger charge is -2.27. The summed E-state index contributed by atoms with van der Waals surface area (Å²) in [6.45, 7) is 2.72. The lowest BCUT2D eigenvalue weighted by atomic mass is 10.2. The Morgan fingerprint density at radius 2 is 2.44 bits per heavy atom. The van der Waals surface area contributed by atoms with Crippen LogP contribution in [0.5, 0.6) is 0 Å². The molecule has 5 nitrogen and oxygen atoms in total. The molecule has 1 aromatic rings. The highest BCUT2D eigenvalue weighted by Gasteiger charge is 2.23. The van der Waals surface area contributed by atoms with E-state index in [1.807, 2.05) is 12.1 Å². The van der Waals surface area contributed by atoms with E-state index in [0.717, 1.165) is 18.8 Å². The lowest BCUT2D eigenvalue weighted by molar-refractivity contribution is -0.120. The minimum Gasteiger partial charge on any atom is -0.468 e. The summed E-state index contributed by atoms with van der Waals surface area (Å²) < 4.78 is 5.38. The number of hydrogen-bond donors (Lipinski definition) is 2.